The summed E-state index contributed by atoms with van der Waals surface area (Å²) in [5.41, 5.74) is 5.63. The molecule has 2 aromatic carbocycles. The van der Waals surface area contributed by atoms with Gasteiger partial charge < -0.3 is 14.4 Å². The maximum absolute atomic E-state index is 11.2. The summed E-state index contributed by atoms with van der Waals surface area (Å²) >= 11 is 6.30. The molecule has 0 fully saturated rings. The first kappa shape index (κ1) is 24.9. The highest BCUT2D eigenvalue weighted by Gasteiger charge is 2.38. The van der Waals surface area contributed by atoms with Crippen molar-refractivity contribution < 1.29 is 18.8 Å². The number of likely N-dealkylation sites (N-methyl/N-ethyl adjacent to an activating group) is 1. The highest BCUT2D eigenvalue weighted by Crippen LogP contribution is 2.48. The zero-order valence-electron chi connectivity index (χ0n) is 21.3. The van der Waals surface area contributed by atoms with Gasteiger partial charge >= 0.3 is 5.97 Å². The molecule has 0 saturated carbocycles. The van der Waals surface area contributed by atoms with Gasteiger partial charge in [0.05, 0.1) is 27.3 Å². The Morgan fingerprint density at radius 1 is 1.17 bits per heavy atom. The van der Waals surface area contributed by atoms with Crippen LogP contribution in [0.3, 0.4) is 0 Å². The van der Waals surface area contributed by atoms with Crippen LogP contribution in [0.5, 0.6) is 5.75 Å². The van der Waals surface area contributed by atoms with Crippen molar-refractivity contribution in [1.82, 2.24) is 4.57 Å². The molecule has 0 atom stereocenters. The molecule has 1 aromatic heterocycles. The van der Waals surface area contributed by atoms with E-state index in [-0.39, 0.29) is 11.4 Å². The number of anilines is 1. The summed E-state index contributed by atoms with van der Waals surface area (Å²) in [5.74, 6) is 1.65. The minimum atomic E-state index is -0.256. The maximum atomic E-state index is 11.2. The van der Waals surface area contributed by atoms with Gasteiger partial charge in [-0.05, 0) is 42.0 Å². The number of aryl methyl sites for hydroxylation is 2. The van der Waals surface area contributed by atoms with Crippen LogP contribution >= 0.6 is 11.6 Å². The summed E-state index contributed by atoms with van der Waals surface area (Å²) in [5, 5.41) is 0.699. The van der Waals surface area contributed by atoms with Crippen molar-refractivity contribution in [1.29, 1.82) is 0 Å². The van der Waals surface area contributed by atoms with Crippen LogP contribution in [0.2, 0.25) is 5.02 Å². The lowest BCUT2D eigenvalue weighted by molar-refractivity contribution is -0.674. The summed E-state index contributed by atoms with van der Waals surface area (Å²) in [6.45, 7) is 7.02. The van der Waals surface area contributed by atoms with E-state index in [1.807, 2.05) is 31.3 Å². The van der Waals surface area contributed by atoms with Gasteiger partial charge in [-0.2, -0.15) is 0 Å². The first-order chi connectivity index (χ1) is 16.6. The number of benzene rings is 2. The number of fused-ring (bicyclic) bond motifs is 2. The number of ether oxygens (including phenoxy) is 2. The van der Waals surface area contributed by atoms with E-state index in [0.717, 1.165) is 35.6 Å². The van der Waals surface area contributed by atoms with Gasteiger partial charge in [0.15, 0.2) is 11.0 Å². The van der Waals surface area contributed by atoms with E-state index in [9.17, 15) is 4.79 Å². The van der Waals surface area contributed by atoms with Crippen molar-refractivity contribution in [2.24, 2.45) is 7.05 Å². The fourth-order valence-corrected chi connectivity index (χ4v) is 5.13. The molecule has 3 aromatic rings. The zero-order valence-corrected chi connectivity index (χ0v) is 22.0. The number of rotatable bonds is 7. The molecule has 0 saturated heterocycles. The molecule has 1 aliphatic heterocycles. The zero-order chi connectivity index (χ0) is 25.3. The first-order valence-electron chi connectivity index (χ1n) is 11.8. The van der Waals surface area contributed by atoms with Gasteiger partial charge in [0.1, 0.15) is 5.75 Å². The number of halogens is 1. The van der Waals surface area contributed by atoms with Crippen LogP contribution in [0, 0.1) is 0 Å². The van der Waals surface area contributed by atoms with Crippen molar-refractivity contribution >= 4 is 40.4 Å². The molecular formula is C28H33ClN3O3+. The molecule has 0 amide bonds. The third-order valence-electron chi connectivity index (χ3n) is 6.78. The number of methoxy groups -OCH3 is 1. The molecule has 0 aliphatic carbocycles. The smallest absolute Gasteiger partial charge is 0.302 e. The van der Waals surface area contributed by atoms with Gasteiger partial charge in [-0.15, -0.1) is 0 Å². The van der Waals surface area contributed by atoms with Crippen LogP contribution < -0.4 is 14.2 Å². The number of imidazole rings is 1. The highest BCUT2D eigenvalue weighted by atomic mass is 35.5. The molecule has 0 unspecified atom stereocenters. The van der Waals surface area contributed by atoms with Crippen molar-refractivity contribution in [2.45, 2.75) is 39.2 Å². The molecular weight excluding hydrogens is 462 g/mol. The fraction of sp³-hybridized carbons (Fsp3) is 0.357. The van der Waals surface area contributed by atoms with E-state index in [1.165, 1.54) is 23.9 Å². The molecule has 1 aliphatic rings. The first-order valence-corrected chi connectivity index (χ1v) is 12.1. The van der Waals surface area contributed by atoms with Crippen LogP contribution in [-0.2, 0) is 28.5 Å². The molecule has 0 radical (unpaired) electrons. The van der Waals surface area contributed by atoms with E-state index in [0.29, 0.717) is 11.6 Å². The van der Waals surface area contributed by atoms with Gasteiger partial charge in [0, 0.05) is 54.4 Å². The molecule has 0 bridgehead atoms. The largest absolute Gasteiger partial charge is 0.497 e. The number of nitrogens with zero attached hydrogens (tertiary/aromatic N) is 3. The van der Waals surface area contributed by atoms with Crippen LogP contribution in [0.25, 0.3) is 17.1 Å². The Kier molecular flexibility index (Phi) is 6.95. The summed E-state index contributed by atoms with van der Waals surface area (Å²) < 4.78 is 15.0. The maximum Gasteiger partial charge on any atom is 0.302 e. The van der Waals surface area contributed by atoms with Gasteiger partial charge in [-0.1, -0.05) is 31.5 Å². The Morgan fingerprint density at radius 2 is 1.94 bits per heavy atom. The Bertz CT molecular complexity index is 1340. The average Bonchev–Trinajstić information content (AvgIpc) is 3.18. The Labute approximate surface area is 212 Å². The normalized spacial score (nSPS) is 15.9. The van der Waals surface area contributed by atoms with E-state index in [4.69, 9.17) is 21.1 Å². The van der Waals surface area contributed by atoms with Crippen LogP contribution in [-0.4, -0.2) is 31.3 Å². The lowest BCUT2D eigenvalue weighted by Crippen LogP contribution is -2.37. The van der Waals surface area contributed by atoms with Crippen LogP contribution in [0.15, 0.2) is 54.2 Å². The molecule has 0 N–H and O–H groups in total. The van der Waals surface area contributed by atoms with Crippen molar-refractivity contribution in [3.8, 4) is 5.75 Å². The molecule has 184 valence electrons. The summed E-state index contributed by atoms with van der Waals surface area (Å²) in [6.07, 6.45) is 7.14. The lowest BCUT2D eigenvalue weighted by Gasteiger charge is -2.23. The number of aromatic nitrogens is 2. The summed E-state index contributed by atoms with van der Waals surface area (Å²) in [4.78, 5) is 13.4. The monoisotopic (exact) mass is 494 g/mol. The van der Waals surface area contributed by atoms with E-state index in [2.05, 4.69) is 65.3 Å². The summed E-state index contributed by atoms with van der Waals surface area (Å²) in [7, 11) is 5.85. The number of hydrogen-bond donors (Lipinski definition) is 0. The number of carbonyl (C=O) groups excluding carboxylic acids is 1. The van der Waals surface area contributed by atoms with Crippen molar-refractivity contribution in [2.75, 3.05) is 25.7 Å². The van der Waals surface area contributed by atoms with E-state index >= 15 is 0 Å². The van der Waals surface area contributed by atoms with Gasteiger partial charge in [0.2, 0.25) is 0 Å². The Balaban J connectivity index is 1.69. The van der Waals surface area contributed by atoms with Crippen LogP contribution in [0.1, 0.15) is 38.6 Å². The predicted molar refractivity (Wildman–Crippen MR) is 141 cm³/mol. The third-order valence-corrected chi connectivity index (χ3v) is 7.02. The molecule has 35 heavy (non-hydrogen) atoms. The second kappa shape index (κ2) is 9.78. The molecule has 6 nitrogen and oxygen atoms in total. The molecule has 2 heterocycles. The number of allylic oxidation sites excluding steroid dienone is 3. The van der Waals surface area contributed by atoms with Gasteiger partial charge in [-0.3, -0.25) is 4.79 Å². The average molecular weight is 495 g/mol. The van der Waals surface area contributed by atoms with E-state index in [1.54, 1.807) is 7.11 Å². The number of hydrogen-bond acceptors (Lipinski definition) is 4. The number of esters is 1. The summed E-state index contributed by atoms with van der Waals surface area (Å²) in [6, 6.07) is 12.2. The predicted octanol–water partition coefficient (Wildman–Crippen LogP) is 5.41. The minimum absolute atomic E-state index is 0.157. The standard InChI is InChI=1S/C28H33ClN3O3/c1-19(33)35-16-8-15-32-24-13-11-20(29)17-25(24)31(5)27(32)10-7-9-26-28(2,3)22-18-21(34-6)12-14-23(22)30(26)4/h7,9-14,17-18H,8,15-16H2,1-6H3/q+1. The number of carbonyl (C=O) groups is 1. The third kappa shape index (κ3) is 4.67. The second-order valence-corrected chi connectivity index (χ2v) is 9.81. The second-order valence-electron chi connectivity index (χ2n) is 9.37. The van der Waals surface area contributed by atoms with Crippen molar-refractivity contribution in [3.63, 3.8) is 0 Å². The lowest BCUT2D eigenvalue weighted by atomic mass is 9.83. The molecule has 0 spiro atoms. The van der Waals surface area contributed by atoms with Gasteiger partial charge in [-0.25, -0.2) is 9.13 Å². The van der Waals surface area contributed by atoms with Crippen LogP contribution in [0.4, 0.5) is 5.69 Å². The molecule has 4 rings (SSSR count). The van der Waals surface area contributed by atoms with Crippen molar-refractivity contribution in [3.05, 3.63) is 70.7 Å². The van der Waals surface area contributed by atoms with Gasteiger partial charge in [0.25, 0.3) is 5.82 Å². The Morgan fingerprint density at radius 3 is 2.66 bits per heavy atom. The topological polar surface area (TPSA) is 47.6 Å². The fourth-order valence-electron chi connectivity index (χ4n) is 4.96. The minimum Gasteiger partial charge on any atom is -0.497 e. The highest BCUT2D eigenvalue weighted by molar-refractivity contribution is 6.31. The molecule has 7 heteroatoms. The SMILES string of the molecule is COc1ccc2c(c1)C(C)(C)C(=CC=Cc1n(C)c3cc(Cl)ccc3[n+]1CCCOC(C)=O)N2C. The Hall–Kier alpha value is -3.25. The quantitative estimate of drug-likeness (QED) is 0.250. The van der Waals surface area contributed by atoms with E-state index < -0.39 is 0 Å².